The van der Waals surface area contributed by atoms with E-state index in [0.29, 0.717) is 36.8 Å². The molecule has 3 aromatic rings. The molecule has 0 radical (unpaired) electrons. The molecule has 0 atom stereocenters. The molecular formula is C20H18ClN5O5. The van der Waals surface area contributed by atoms with Crippen LogP contribution in [0.3, 0.4) is 0 Å². The van der Waals surface area contributed by atoms with Crippen molar-refractivity contribution in [1.82, 2.24) is 15.0 Å². The van der Waals surface area contributed by atoms with E-state index in [1.54, 1.807) is 41.3 Å². The van der Waals surface area contributed by atoms with E-state index in [2.05, 4.69) is 15.0 Å². The summed E-state index contributed by atoms with van der Waals surface area (Å²) >= 11 is 6.12. The molecule has 1 aromatic heterocycles. The van der Waals surface area contributed by atoms with Gasteiger partial charge in [-0.2, -0.15) is 4.98 Å². The van der Waals surface area contributed by atoms with Crippen LogP contribution in [0.5, 0.6) is 6.08 Å². The average molecular weight is 444 g/mol. The van der Waals surface area contributed by atoms with E-state index >= 15 is 0 Å². The zero-order chi connectivity index (χ0) is 21.8. The molecule has 0 aliphatic carbocycles. The van der Waals surface area contributed by atoms with Gasteiger partial charge in [-0.1, -0.05) is 28.9 Å². The first-order chi connectivity index (χ1) is 15.0. The number of ether oxygens (including phenoxy) is 1. The Hall–Kier alpha value is -3.66. The number of amides is 1. The van der Waals surface area contributed by atoms with Crippen LogP contribution in [0.1, 0.15) is 0 Å². The molecule has 4 rings (SSSR count). The molecule has 1 fully saturated rings. The van der Waals surface area contributed by atoms with Gasteiger partial charge in [-0.25, -0.2) is 0 Å². The predicted octanol–water partition coefficient (Wildman–Crippen LogP) is 3.03. The van der Waals surface area contributed by atoms with Crippen molar-refractivity contribution in [2.24, 2.45) is 0 Å². The lowest BCUT2D eigenvalue weighted by atomic mass is 10.2. The summed E-state index contributed by atoms with van der Waals surface area (Å²) in [4.78, 5) is 30.7. The van der Waals surface area contributed by atoms with Gasteiger partial charge in [0.2, 0.25) is 5.82 Å². The van der Waals surface area contributed by atoms with E-state index in [1.807, 2.05) is 0 Å². The lowest BCUT2D eigenvalue weighted by Gasteiger charge is -2.35. The Morgan fingerprint density at radius 2 is 1.84 bits per heavy atom. The Balaban J connectivity index is 1.28. The number of carbonyl (C=O) groups is 1. The summed E-state index contributed by atoms with van der Waals surface area (Å²) in [6.45, 7) is 2.02. The summed E-state index contributed by atoms with van der Waals surface area (Å²) in [6, 6.07) is 13.4. The third kappa shape index (κ3) is 4.75. The van der Waals surface area contributed by atoms with E-state index in [9.17, 15) is 14.9 Å². The largest absolute Gasteiger partial charge is 0.439 e. The first kappa shape index (κ1) is 20.6. The molecule has 0 unspecified atom stereocenters. The fourth-order valence-corrected chi connectivity index (χ4v) is 3.45. The SMILES string of the molecule is O=C(COc1nc(-c2ccccc2Cl)no1)N1CCN(c2ccc([N+](=O)[O-])cc2)CC1. The first-order valence-corrected chi connectivity index (χ1v) is 9.87. The van der Waals surface area contributed by atoms with Crippen LogP contribution in [0.4, 0.5) is 11.4 Å². The van der Waals surface area contributed by atoms with E-state index < -0.39 is 4.92 Å². The number of halogens is 1. The van der Waals surface area contributed by atoms with Crippen LogP contribution in [0.2, 0.25) is 5.02 Å². The van der Waals surface area contributed by atoms with Crippen molar-refractivity contribution >= 4 is 28.9 Å². The van der Waals surface area contributed by atoms with Gasteiger partial charge in [0, 0.05) is 49.6 Å². The van der Waals surface area contributed by atoms with Crippen molar-refractivity contribution in [2.75, 3.05) is 37.7 Å². The number of hydrogen-bond donors (Lipinski definition) is 0. The summed E-state index contributed by atoms with van der Waals surface area (Å²) in [6.07, 6.45) is -0.104. The molecule has 10 nitrogen and oxygen atoms in total. The minimum atomic E-state index is -0.429. The van der Waals surface area contributed by atoms with Crippen molar-refractivity contribution in [1.29, 1.82) is 0 Å². The van der Waals surface area contributed by atoms with Gasteiger partial charge in [0.1, 0.15) is 0 Å². The highest BCUT2D eigenvalue weighted by molar-refractivity contribution is 6.33. The van der Waals surface area contributed by atoms with Crippen molar-refractivity contribution in [3.05, 3.63) is 63.7 Å². The minimum Gasteiger partial charge on any atom is -0.439 e. The van der Waals surface area contributed by atoms with Crippen LogP contribution in [-0.4, -0.2) is 58.7 Å². The molecule has 0 bridgehead atoms. The normalized spacial score (nSPS) is 13.8. The second-order valence-electron chi connectivity index (χ2n) is 6.79. The van der Waals surface area contributed by atoms with Crippen molar-refractivity contribution in [3.63, 3.8) is 0 Å². The summed E-state index contributed by atoms with van der Waals surface area (Å²) in [5.74, 6) is 0.0885. The van der Waals surface area contributed by atoms with Gasteiger partial charge < -0.3 is 14.5 Å². The molecule has 31 heavy (non-hydrogen) atoms. The fourth-order valence-electron chi connectivity index (χ4n) is 3.23. The Labute approximate surface area is 182 Å². The number of non-ortho nitro benzene ring substituents is 1. The van der Waals surface area contributed by atoms with Gasteiger partial charge in [-0.05, 0) is 24.3 Å². The van der Waals surface area contributed by atoms with Crippen LogP contribution in [0, 0.1) is 10.1 Å². The van der Waals surface area contributed by atoms with Crippen molar-refractivity contribution in [2.45, 2.75) is 0 Å². The Morgan fingerprint density at radius 1 is 1.13 bits per heavy atom. The zero-order valence-corrected chi connectivity index (χ0v) is 17.1. The van der Waals surface area contributed by atoms with Gasteiger partial charge in [0.15, 0.2) is 6.61 Å². The summed E-state index contributed by atoms with van der Waals surface area (Å²) in [5.41, 5.74) is 1.54. The maximum atomic E-state index is 12.5. The van der Waals surface area contributed by atoms with Gasteiger partial charge in [-0.3, -0.25) is 19.4 Å². The number of aromatic nitrogens is 2. The van der Waals surface area contributed by atoms with Crippen molar-refractivity contribution in [3.8, 4) is 17.5 Å². The maximum Gasteiger partial charge on any atom is 0.418 e. The number of rotatable bonds is 6. The first-order valence-electron chi connectivity index (χ1n) is 9.50. The second-order valence-corrected chi connectivity index (χ2v) is 7.20. The van der Waals surface area contributed by atoms with Gasteiger partial charge in [0.05, 0.1) is 9.95 Å². The van der Waals surface area contributed by atoms with E-state index in [0.717, 1.165) is 5.69 Å². The van der Waals surface area contributed by atoms with E-state index in [-0.39, 0.29) is 30.1 Å². The maximum absolute atomic E-state index is 12.5. The van der Waals surface area contributed by atoms with Crippen LogP contribution in [0.15, 0.2) is 53.1 Å². The molecule has 2 heterocycles. The molecule has 1 amide bonds. The number of nitro benzene ring substituents is 1. The molecule has 1 aliphatic heterocycles. The lowest BCUT2D eigenvalue weighted by Crippen LogP contribution is -2.50. The van der Waals surface area contributed by atoms with E-state index in [1.165, 1.54) is 12.1 Å². The minimum absolute atomic E-state index is 0.0495. The fraction of sp³-hybridized carbons (Fsp3) is 0.250. The third-order valence-electron chi connectivity index (χ3n) is 4.90. The molecule has 11 heteroatoms. The Morgan fingerprint density at radius 3 is 2.52 bits per heavy atom. The number of nitrogens with zero attached hydrogens (tertiary/aromatic N) is 5. The zero-order valence-electron chi connectivity index (χ0n) is 16.3. The number of piperazine rings is 1. The smallest absolute Gasteiger partial charge is 0.418 e. The molecule has 160 valence electrons. The van der Waals surface area contributed by atoms with Crippen molar-refractivity contribution < 1.29 is 19.0 Å². The topological polar surface area (TPSA) is 115 Å². The van der Waals surface area contributed by atoms with Gasteiger partial charge >= 0.3 is 6.08 Å². The van der Waals surface area contributed by atoms with Crippen LogP contribution < -0.4 is 9.64 Å². The van der Waals surface area contributed by atoms with Crippen LogP contribution >= 0.6 is 11.6 Å². The quantitative estimate of drug-likeness (QED) is 0.421. The highest BCUT2D eigenvalue weighted by Gasteiger charge is 2.23. The lowest BCUT2D eigenvalue weighted by molar-refractivity contribution is -0.384. The number of hydrogen-bond acceptors (Lipinski definition) is 8. The Kier molecular flexibility index (Phi) is 5.99. The van der Waals surface area contributed by atoms with Gasteiger partial charge in [0.25, 0.3) is 11.6 Å². The monoisotopic (exact) mass is 443 g/mol. The molecule has 0 spiro atoms. The van der Waals surface area contributed by atoms with Crippen LogP contribution in [-0.2, 0) is 4.79 Å². The molecule has 1 saturated heterocycles. The summed E-state index contributed by atoms with van der Waals surface area (Å²) in [7, 11) is 0. The third-order valence-corrected chi connectivity index (χ3v) is 5.23. The highest BCUT2D eigenvalue weighted by Crippen LogP contribution is 2.26. The van der Waals surface area contributed by atoms with E-state index in [4.69, 9.17) is 20.9 Å². The molecule has 1 aliphatic rings. The number of nitro groups is 1. The molecular weight excluding hydrogens is 426 g/mol. The average Bonchev–Trinajstić information content (AvgIpc) is 3.27. The molecule has 2 aromatic carbocycles. The summed E-state index contributed by atoms with van der Waals surface area (Å²) in [5, 5.41) is 15.1. The highest BCUT2D eigenvalue weighted by atomic mass is 35.5. The second kappa shape index (κ2) is 9.00. The predicted molar refractivity (Wildman–Crippen MR) is 112 cm³/mol. The standard InChI is InChI=1S/C20H18ClN5O5/c21-17-4-2-1-3-16(17)19-22-20(31-23-19)30-13-18(27)25-11-9-24(10-12-25)14-5-7-15(8-6-14)26(28)29/h1-8H,9-13H2. The van der Waals surface area contributed by atoms with Gasteiger partial charge in [-0.15, -0.1) is 0 Å². The summed E-state index contributed by atoms with van der Waals surface area (Å²) < 4.78 is 10.4. The molecule has 0 saturated carbocycles. The number of anilines is 1. The number of benzene rings is 2. The Bertz CT molecular complexity index is 1080. The van der Waals surface area contributed by atoms with Crippen LogP contribution in [0.25, 0.3) is 11.4 Å². The number of carbonyl (C=O) groups excluding carboxylic acids is 1. The molecule has 0 N–H and O–H groups in total.